The maximum atomic E-state index is 11.3. The van der Waals surface area contributed by atoms with E-state index in [9.17, 15) is 9.59 Å². The van der Waals surface area contributed by atoms with Crippen LogP contribution < -0.4 is 0 Å². The van der Waals surface area contributed by atoms with Crippen LogP contribution in [-0.2, 0) is 14.3 Å². The molecule has 0 aromatic carbocycles. The van der Waals surface area contributed by atoms with Gasteiger partial charge in [0.15, 0.2) is 0 Å². The third kappa shape index (κ3) is 2.33. The molecule has 2 fully saturated rings. The Morgan fingerprint density at radius 2 is 1.88 bits per heavy atom. The Balaban J connectivity index is 1.87. The third-order valence-electron chi connectivity index (χ3n) is 3.20. The maximum absolute atomic E-state index is 11.3. The molecular weight excluding hydrogens is 212 g/mol. The summed E-state index contributed by atoms with van der Waals surface area (Å²) < 4.78 is 5.26. The number of likely N-dealkylation sites (tertiary alicyclic amines) is 1. The quantitative estimate of drug-likeness (QED) is 0.583. The number of amides is 1. The van der Waals surface area contributed by atoms with E-state index in [0.29, 0.717) is 19.1 Å². The number of carboxylic acids is 1. The molecule has 0 radical (unpaired) electrons. The molecule has 6 heteroatoms. The normalized spacial score (nSPS) is 27.0. The fraction of sp³-hybridized carbons (Fsp3) is 0.800. The van der Waals surface area contributed by atoms with Crippen LogP contribution >= 0.6 is 0 Å². The fourth-order valence-electron chi connectivity index (χ4n) is 2.30. The first-order valence-electron chi connectivity index (χ1n) is 5.52. The Kier molecular flexibility index (Phi) is 3.40. The van der Waals surface area contributed by atoms with E-state index in [-0.39, 0.29) is 0 Å². The van der Waals surface area contributed by atoms with Crippen molar-refractivity contribution in [2.75, 3.05) is 39.4 Å². The van der Waals surface area contributed by atoms with Crippen LogP contribution in [0.5, 0.6) is 0 Å². The first-order valence-corrected chi connectivity index (χ1v) is 5.52. The van der Waals surface area contributed by atoms with Gasteiger partial charge in [0.1, 0.15) is 0 Å². The summed E-state index contributed by atoms with van der Waals surface area (Å²) in [4.78, 5) is 25.5. The number of carbonyl (C=O) groups is 2. The van der Waals surface area contributed by atoms with Gasteiger partial charge >= 0.3 is 11.9 Å². The molecule has 0 bridgehead atoms. The molecule has 90 valence electrons. The topological polar surface area (TPSA) is 70.1 Å². The lowest BCUT2D eigenvalue weighted by molar-refractivity contribution is -0.155. The van der Waals surface area contributed by atoms with Gasteiger partial charge in [-0.25, -0.2) is 4.79 Å². The molecule has 6 nitrogen and oxygen atoms in total. The van der Waals surface area contributed by atoms with Crippen molar-refractivity contribution in [3.63, 3.8) is 0 Å². The highest BCUT2D eigenvalue weighted by Gasteiger charge is 2.33. The zero-order valence-corrected chi connectivity index (χ0v) is 9.09. The van der Waals surface area contributed by atoms with Gasteiger partial charge in [0.2, 0.25) is 0 Å². The largest absolute Gasteiger partial charge is 0.474 e. The van der Waals surface area contributed by atoms with E-state index in [2.05, 4.69) is 4.90 Å². The van der Waals surface area contributed by atoms with E-state index in [1.165, 1.54) is 4.90 Å². The summed E-state index contributed by atoms with van der Waals surface area (Å²) in [6, 6.07) is 0.298. The maximum Gasteiger partial charge on any atom is 0.394 e. The molecule has 1 amide bonds. The summed E-state index contributed by atoms with van der Waals surface area (Å²) in [5.41, 5.74) is 0. The average molecular weight is 228 g/mol. The molecule has 2 rings (SSSR count). The monoisotopic (exact) mass is 228 g/mol. The minimum absolute atomic E-state index is 0.298. The molecule has 1 unspecified atom stereocenters. The third-order valence-corrected chi connectivity index (χ3v) is 3.20. The number of carbonyl (C=O) groups excluding carboxylic acids is 1. The zero-order valence-electron chi connectivity index (χ0n) is 9.09. The SMILES string of the molecule is O=C(O)C(=O)N1CCC(N2CCOCC2)C1. The lowest BCUT2D eigenvalue weighted by Crippen LogP contribution is -2.45. The number of hydrogen-bond acceptors (Lipinski definition) is 4. The molecule has 2 heterocycles. The summed E-state index contributed by atoms with van der Waals surface area (Å²) in [6.07, 6.45) is 0.860. The number of aliphatic carboxylic acids is 1. The van der Waals surface area contributed by atoms with Crippen LogP contribution in [0.25, 0.3) is 0 Å². The molecule has 0 aromatic heterocycles. The summed E-state index contributed by atoms with van der Waals surface area (Å²) in [5, 5.41) is 8.61. The molecule has 2 aliphatic heterocycles. The predicted octanol–water partition coefficient (Wildman–Crippen LogP) is -0.996. The van der Waals surface area contributed by atoms with E-state index in [0.717, 1.165) is 32.7 Å². The van der Waals surface area contributed by atoms with Gasteiger partial charge in [-0.3, -0.25) is 9.69 Å². The first-order chi connectivity index (χ1) is 7.68. The van der Waals surface area contributed by atoms with Crippen LogP contribution in [-0.4, -0.2) is 72.2 Å². The fourth-order valence-corrected chi connectivity index (χ4v) is 2.30. The Bertz CT molecular complexity index is 289. The molecule has 16 heavy (non-hydrogen) atoms. The molecule has 1 N–H and O–H groups in total. The first kappa shape index (κ1) is 11.3. The van der Waals surface area contributed by atoms with Gasteiger partial charge in [-0.15, -0.1) is 0 Å². The number of ether oxygens (including phenoxy) is 1. The van der Waals surface area contributed by atoms with Crippen LogP contribution in [0.3, 0.4) is 0 Å². The van der Waals surface area contributed by atoms with Crippen molar-refractivity contribution in [3.8, 4) is 0 Å². The van der Waals surface area contributed by atoms with Crippen LogP contribution in [0, 0.1) is 0 Å². The van der Waals surface area contributed by atoms with Gasteiger partial charge in [0, 0.05) is 32.2 Å². The molecule has 0 aliphatic carbocycles. The molecule has 0 saturated carbocycles. The van der Waals surface area contributed by atoms with Crippen molar-refractivity contribution < 1.29 is 19.4 Å². The highest BCUT2D eigenvalue weighted by molar-refractivity contribution is 6.31. The molecule has 2 aliphatic rings. The van der Waals surface area contributed by atoms with Crippen molar-refractivity contribution in [2.24, 2.45) is 0 Å². The van der Waals surface area contributed by atoms with Gasteiger partial charge in [-0.1, -0.05) is 0 Å². The van der Waals surface area contributed by atoms with Crippen molar-refractivity contribution >= 4 is 11.9 Å². The van der Waals surface area contributed by atoms with E-state index in [1.807, 2.05) is 0 Å². The molecule has 1 atom stereocenters. The Morgan fingerprint density at radius 3 is 2.50 bits per heavy atom. The summed E-state index contributed by atoms with van der Waals surface area (Å²) in [5.74, 6) is -2.14. The number of rotatable bonds is 1. The molecule has 0 spiro atoms. The van der Waals surface area contributed by atoms with Crippen LogP contribution in [0.1, 0.15) is 6.42 Å². The van der Waals surface area contributed by atoms with Crippen molar-refractivity contribution in [1.29, 1.82) is 0 Å². The number of carboxylic acid groups (broad SMARTS) is 1. The molecule has 0 aromatic rings. The standard InChI is InChI=1S/C10H16N2O4/c13-9(10(14)15)12-2-1-8(7-12)11-3-5-16-6-4-11/h8H,1-7H2,(H,14,15). The Morgan fingerprint density at radius 1 is 1.19 bits per heavy atom. The lowest BCUT2D eigenvalue weighted by atomic mass is 10.2. The van der Waals surface area contributed by atoms with Crippen LogP contribution in [0.2, 0.25) is 0 Å². The van der Waals surface area contributed by atoms with Gasteiger partial charge in [-0.05, 0) is 6.42 Å². The minimum atomic E-state index is -1.36. The number of nitrogens with zero attached hydrogens (tertiary/aromatic N) is 2. The van der Waals surface area contributed by atoms with Crippen LogP contribution in [0.15, 0.2) is 0 Å². The second-order valence-electron chi connectivity index (χ2n) is 4.15. The van der Waals surface area contributed by atoms with Crippen LogP contribution in [0.4, 0.5) is 0 Å². The zero-order chi connectivity index (χ0) is 11.5. The lowest BCUT2D eigenvalue weighted by Gasteiger charge is -2.31. The minimum Gasteiger partial charge on any atom is -0.474 e. The van der Waals surface area contributed by atoms with E-state index < -0.39 is 11.9 Å². The second kappa shape index (κ2) is 4.80. The predicted molar refractivity (Wildman–Crippen MR) is 55.0 cm³/mol. The number of hydrogen-bond donors (Lipinski definition) is 1. The Hall–Kier alpha value is -1.14. The van der Waals surface area contributed by atoms with Gasteiger partial charge in [0.05, 0.1) is 13.2 Å². The highest BCUT2D eigenvalue weighted by Crippen LogP contribution is 2.16. The Labute approximate surface area is 93.8 Å². The molecule has 2 saturated heterocycles. The van der Waals surface area contributed by atoms with Gasteiger partial charge < -0.3 is 14.7 Å². The van der Waals surface area contributed by atoms with E-state index >= 15 is 0 Å². The van der Waals surface area contributed by atoms with E-state index in [4.69, 9.17) is 9.84 Å². The van der Waals surface area contributed by atoms with Gasteiger partial charge in [-0.2, -0.15) is 0 Å². The summed E-state index contributed by atoms with van der Waals surface area (Å²) >= 11 is 0. The van der Waals surface area contributed by atoms with Crippen molar-refractivity contribution in [1.82, 2.24) is 9.80 Å². The summed E-state index contributed by atoms with van der Waals surface area (Å²) in [6.45, 7) is 4.28. The smallest absolute Gasteiger partial charge is 0.394 e. The van der Waals surface area contributed by atoms with Crippen molar-refractivity contribution in [2.45, 2.75) is 12.5 Å². The van der Waals surface area contributed by atoms with Crippen molar-refractivity contribution in [3.05, 3.63) is 0 Å². The second-order valence-corrected chi connectivity index (χ2v) is 4.15. The van der Waals surface area contributed by atoms with E-state index in [1.54, 1.807) is 0 Å². The highest BCUT2D eigenvalue weighted by atomic mass is 16.5. The number of morpholine rings is 1. The van der Waals surface area contributed by atoms with Gasteiger partial charge in [0.25, 0.3) is 0 Å². The summed E-state index contributed by atoms with van der Waals surface area (Å²) in [7, 11) is 0. The average Bonchev–Trinajstić information content (AvgIpc) is 2.78. The molecular formula is C10H16N2O4.